The van der Waals surface area contributed by atoms with Gasteiger partial charge < -0.3 is 14.9 Å². The van der Waals surface area contributed by atoms with E-state index in [1.165, 1.54) is 6.07 Å². The quantitative estimate of drug-likeness (QED) is 0.826. The zero-order chi connectivity index (χ0) is 20.5. The van der Waals surface area contributed by atoms with Gasteiger partial charge in [-0.15, -0.1) is 0 Å². The standard InChI is InChI=1S/C19H19ClF3N3O2/c1-2-12-3-4-16(27)14(9-12)18(28)26-7-5-25(6-8-26)17-15(20)10-13(11-24-17)19(21,22)23/h3-4,9-11,27H,2,5-8H2,1H3. The van der Waals surface area contributed by atoms with Gasteiger partial charge in [-0.1, -0.05) is 24.6 Å². The Morgan fingerprint density at radius 3 is 2.46 bits per heavy atom. The molecule has 0 unspecified atom stereocenters. The smallest absolute Gasteiger partial charge is 0.417 e. The van der Waals surface area contributed by atoms with Crippen LogP contribution in [0.5, 0.6) is 5.75 Å². The molecule has 5 nitrogen and oxygen atoms in total. The lowest BCUT2D eigenvalue weighted by molar-refractivity contribution is -0.137. The lowest BCUT2D eigenvalue weighted by atomic mass is 10.1. The van der Waals surface area contributed by atoms with Crippen LogP contribution in [0.4, 0.5) is 19.0 Å². The first-order chi connectivity index (χ1) is 13.2. The van der Waals surface area contributed by atoms with E-state index in [9.17, 15) is 23.1 Å². The number of aromatic nitrogens is 1. The topological polar surface area (TPSA) is 56.7 Å². The molecule has 1 amide bonds. The molecule has 1 aliphatic rings. The van der Waals surface area contributed by atoms with Crippen LogP contribution in [0.25, 0.3) is 0 Å². The third-order valence-electron chi connectivity index (χ3n) is 4.72. The molecule has 150 valence electrons. The summed E-state index contributed by atoms with van der Waals surface area (Å²) in [5.41, 5.74) is 0.292. The second-order valence-electron chi connectivity index (χ2n) is 6.51. The first-order valence-corrected chi connectivity index (χ1v) is 9.17. The molecular weight excluding hydrogens is 395 g/mol. The molecule has 0 bridgehead atoms. The first-order valence-electron chi connectivity index (χ1n) is 8.79. The van der Waals surface area contributed by atoms with Gasteiger partial charge in [0.1, 0.15) is 11.6 Å². The number of halogens is 4. The van der Waals surface area contributed by atoms with Crippen LogP contribution in [0, 0.1) is 0 Å². The number of benzene rings is 1. The molecule has 0 radical (unpaired) electrons. The van der Waals surface area contributed by atoms with Crippen molar-refractivity contribution in [3.63, 3.8) is 0 Å². The third-order valence-corrected chi connectivity index (χ3v) is 4.99. The van der Waals surface area contributed by atoms with Crippen LogP contribution < -0.4 is 4.90 Å². The van der Waals surface area contributed by atoms with Crippen molar-refractivity contribution in [2.45, 2.75) is 19.5 Å². The maximum absolute atomic E-state index is 12.8. The van der Waals surface area contributed by atoms with Gasteiger partial charge in [0, 0.05) is 32.4 Å². The Morgan fingerprint density at radius 2 is 1.89 bits per heavy atom. The molecule has 1 fully saturated rings. The first kappa shape index (κ1) is 20.3. The number of nitrogens with zero attached hydrogens (tertiary/aromatic N) is 3. The maximum Gasteiger partial charge on any atom is 0.417 e. The highest BCUT2D eigenvalue weighted by atomic mass is 35.5. The van der Waals surface area contributed by atoms with Crippen molar-refractivity contribution in [1.29, 1.82) is 0 Å². The van der Waals surface area contributed by atoms with Gasteiger partial charge in [-0.2, -0.15) is 13.2 Å². The van der Waals surface area contributed by atoms with Crippen molar-refractivity contribution in [2.75, 3.05) is 31.1 Å². The van der Waals surface area contributed by atoms with Gasteiger partial charge in [0.25, 0.3) is 5.91 Å². The summed E-state index contributed by atoms with van der Waals surface area (Å²) in [6, 6.07) is 5.81. The van der Waals surface area contributed by atoms with Crippen LogP contribution in [0.2, 0.25) is 5.02 Å². The number of carbonyl (C=O) groups excluding carboxylic acids is 1. The number of hydrogen-bond donors (Lipinski definition) is 1. The van der Waals surface area contributed by atoms with Crippen LogP contribution in [0.3, 0.4) is 0 Å². The number of piperazine rings is 1. The molecule has 2 aromatic rings. The van der Waals surface area contributed by atoms with E-state index in [-0.39, 0.29) is 28.1 Å². The summed E-state index contributed by atoms with van der Waals surface area (Å²) in [4.78, 5) is 19.9. The maximum atomic E-state index is 12.8. The molecule has 1 N–H and O–H groups in total. The molecule has 0 saturated carbocycles. The minimum absolute atomic E-state index is 0.0721. The van der Waals surface area contributed by atoms with E-state index in [0.29, 0.717) is 26.2 Å². The number of phenols is 1. The van der Waals surface area contributed by atoms with Crippen LogP contribution in [0.1, 0.15) is 28.4 Å². The van der Waals surface area contributed by atoms with Gasteiger partial charge in [0.05, 0.1) is 16.1 Å². The minimum atomic E-state index is -4.50. The van der Waals surface area contributed by atoms with E-state index in [0.717, 1.165) is 24.2 Å². The summed E-state index contributed by atoms with van der Waals surface area (Å²) in [5.74, 6) is -0.0893. The van der Waals surface area contributed by atoms with Gasteiger partial charge in [0.15, 0.2) is 0 Å². The van der Waals surface area contributed by atoms with Crippen molar-refractivity contribution < 1.29 is 23.1 Å². The van der Waals surface area contributed by atoms with Crippen molar-refractivity contribution >= 4 is 23.3 Å². The van der Waals surface area contributed by atoms with Gasteiger partial charge >= 0.3 is 6.18 Å². The predicted molar refractivity (Wildman–Crippen MR) is 99.9 cm³/mol. The monoisotopic (exact) mass is 413 g/mol. The fourth-order valence-electron chi connectivity index (χ4n) is 3.08. The highest BCUT2D eigenvalue weighted by Crippen LogP contribution is 2.34. The number of carbonyl (C=O) groups is 1. The van der Waals surface area contributed by atoms with Crippen molar-refractivity contribution in [3.05, 3.63) is 52.2 Å². The second-order valence-corrected chi connectivity index (χ2v) is 6.92. The summed E-state index contributed by atoms with van der Waals surface area (Å²) in [5, 5.41) is 9.93. The summed E-state index contributed by atoms with van der Waals surface area (Å²) in [7, 11) is 0. The molecule has 1 aromatic heterocycles. The van der Waals surface area contributed by atoms with Crippen molar-refractivity contribution in [2.24, 2.45) is 0 Å². The Bertz CT molecular complexity index is 881. The molecule has 0 spiro atoms. The van der Waals surface area contributed by atoms with Crippen molar-refractivity contribution in [1.82, 2.24) is 9.88 Å². The molecule has 1 saturated heterocycles. The van der Waals surface area contributed by atoms with E-state index in [1.54, 1.807) is 21.9 Å². The summed E-state index contributed by atoms with van der Waals surface area (Å²) >= 11 is 6.00. The molecular formula is C19H19ClF3N3O2. The second kappa shape index (κ2) is 7.87. The molecule has 28 heavy (non-hydrogen) atoms. The molecule has 1 aromatic carbocycles. The number of rotatable bonds is 3. The van der Waals surface area contributed by atoms with Gasteiger partial charge in [0.2, 0.25) is 0 Å². The molecule has 3 rings (SSSR count). The van der Waals surface area contributed by atoms with Crippen molar-refractivity contribution in [3.8, 4) is 5.75 Å². The third kappa shape index (κ3) is 4.16. The highest BCUT2D eigenvalue weighted by Gasteiger charge is 2.32. The van der Waals surface area contributed by atoms with E-state index in [1.807, 2.05) is 6.92 Å². The number of aryl methyl sites for hydroxylation is 1. The van der Waals surface area contributed by atoms with E-state index >= 15 is 0 Å². The van der Waals surface area contributed by atoms with E-state index in [4.69, 9.17) is 11.6 Å². The summed E-state index contributed by atoms with van der Waals surface area (Å²) in [6.45, 7) is 3.39. The van der Waals surface area contributed by atoms with Crippen LogP contribution in [0.15, 0.2) is 30.5 Å². The number of hydrogen-bond acceptors (Lipinski definition) is 4. The Kier molecular flexibility index (Phi) is 5.69. The number of pyridine rings is 1. The van der Waals surface area contributed by atoms with Crippen LogP contribution in [-0.4, -0.2) is 47.1 Å². The number of aromatic hydroxyl groups is 1. The predicted octanol–water partition coefficient (Wildman–Crippen LogP) is 3.98. The van der Waals surface area contributed by atoms with Crippen LogP contribution >= 0.6 is 11.6 Å². The van der Waals surface area contributed by atoms with E-state index in [2.05, 4.69) is 4.98 Å². The molecule has 0 aliphatic carbocycles. The number of amides is 1. The lowest BCUT2D eigenvalue weighted by Gasteiger charge is -2.36. The fourth-order valence-corrected chi connectivity index (χ4v) is 3.37. The Labute approximate surface area is 165 Å². The number of alkyl halides is 3. The minimum Gasteiger partial charge on any atom is -0.507 e. The Hall–Kier alpha value is -2.48. The average Bonchev–Trinajstić information content (AvgIpc) is 2.67. The van der Waals surface area contributed by atoms with Gasteiger partial charge in [-0.25, -0.2) is 4.98 Å². The molecule has 0 atom stereocenters. The van der Waals surface area contributed by atoms with Gasteiger partial charge in [-0.3, -0.25) is 4.79 Å². The number of phenolic OH excluding ortho intramolecular Hbond substituents is 1. The zero-order valence-electron chi connectivity index (χ0n) is 15.1. The Morgan fingerprint density at radius 1 is 1.21 bits per heavy atom. The average molecular weight is 414 g/mol. The fraction of sp³-hybridized carbons (Fsp3) is 0.368. The summed E-state index contributed by atoms with van der Waals surface area (Å²) in [6.07, 6.45) is -3.01. The highest BCUT2D eigenvalue weighted by molar-refractivity contribution is 6.33. The molecule has 1 aliphatic heterocycles. The van der Waals surface area contributed by atoms with E-state index < -0.39 is 11.7 Å². The lowest BCUT2D eigenvalue weighted by Crippen LogP contribution is -2.49. The zero-order valence-corrected chi connectivity index (χ0v) is 15.9. The number of anilines is 1. The van der Waals surface area contributed by atoms with Crippen LogP contribution in [-0.2, 0) is 12.6 Å². The SMILES string of the molecule is CCc1ccc(O)c(C(=O)N2CCN(c3ncc(C(F)(F)F)cc3Cl)CC2)c1. The molecule has 2 heterocycles. The largest absolute Gasteiger partial charge is 0.507 e. The molecule has 9 heteroatoms. The summed E-state index contributed by atoms with van der Waals surface area (Å²) < 4.78 is 38.3. The normalized spacial score (nSPS) is 15.0. The van der Waals surface area contributed by atoms with Gasteiger partial charge in [-0.05, 0) is 30.2 Å². The Balaban J connectivity index is 1.70.